The van der Waals surface area contributed by atoms with Crippen molar-refractivity contribution in [1.29, 1.82) is 0 Å². The van der Waals surface area contributed by atoms with Gasteiger partial charge in [-0.25, -0.2) is 9.97 Å². The van der Waals surface area contributed by atoms with Gasteiger partial charge < -0.3 is 5.32 Å². The molecule has 0 bridgehead atoms. The van der Waals surface area contributed by atoms with Gasteiger partial charge >= 0.3 is 0 Å². The summed E-state index contributed by atoms with van der Waals surface area (Å²) in [6.07, 6.45) is 10.4. The maximum atomic E-state index is 4.26. The van der Waals surface area contributed by atoms with Crippen LogP contribution >= 0.6 is 22.6 Å². The zero-order valence-corrected chi connectivity index (χ0v) is 12.5. The number of anilines is 1. The Bertz CT molecular complexity index is 348. The summed E-state index contributed by atoms with van der Waals surface area (Å²) in [7, 11) is 0. The van der Waals surface area contributed by atoms with Crippen LogP contribution in [0.4, 0.5) is 5.82 Å². The molecule has 1 aliphatic rings. The highest BCUT2D eigenvalue weighted by Gasteiger charge is 2.19. The summed E-state index contributed by atoms with van der Waals surface area (Å²) >= 11 is 2.28. The first kappa shape index (κ1) is 13.1. The van der Waals surface area contributed by atoms with E-state index in [1.54, 1.807) is 6.33 Å². The molecule has 0 unspecified atom stereocenters. The number of hydrogen-bond donors (Lipinski definition) is 1. The minimum atomic E-state index is 0.823. The molecule has 1 fully saturated rings. The molecular weight excluding hydrogens is 325 g/mol. The number of halogens is 1. The average molecular weight is 345 g/mol. The van der Waals surface area contributed by atoms with Crippen LogP contribution in [0.25, 0.3) is 0 Å². The maximum Gasteiger partial charge on any atom is 0.142 e. The summed E-state index contributed by atoms with van der Waals surface area (Å²) in [5.74, 6) is 2.78. The number of rotatable bonds is 4. The van der Waals surface area contributed by atoms with E-state index in [0.717, 1.165) is 27.8 Å². The average Bonchev–Trinajstić information content (AvgIpc) is 2.38. The van der Waals surface area contributed by atoms with Crippen LogP contribution in [-0.2, 0) is 0 Å². The number of nitrogens with zero attached hydrogens (tertiary/aromatic N) is 2. The lowest BCUT2D eigenvalue weighted by molar-refractivity contribution is 0.278. The molecule has 0 aliphatic heterocycles. The van der Waals surface area contributed by atoms with E-state index in [-0.39, 0.29) is 0 Å². The van der Waals surface area contributed by atoms with Crippen LogP contribution in [0.15, 0.2) is 12.5 Å². The van der Waals surface area contributed by atoms with E-state index in [2.05, 4.69) is 44.8 Å². The monoisotopic (exact) mass is 345 g/mol. The lowest BCUT2D eigenvalue weighted by Gasteiger charge is -2.28. The number of nitrogens with one attached hydrogen (secondary N) is 1. The van der Waals surface area contributed by atoms with Crippen molar-refractivity contribution in [2.45, 2.75) is 39.0 Å². The Kier molecular flexibility index (Phi) is 5.00. The van der Waals surface area contributed by atoms with Gasteiger partial charge in [0, 0.05) is 12.7 Å². The van der Waals surface area contributed by atoms with E-state index in [4.69, 9.17) is 0 Å². The van der Waals surface area contributed by atoms with Gasteiger partial charge in [-0.2, -0.15) is 0 Å². The van der Waals surface area contributed by atoms with Gasteiger partial charge in [0.25, 0.3) is 0 Å². The van der Waals surface area contributed by atoms with Crippen molar-refractivity contribution in [3.63, 3.8) is 0 Å². The molecule has 1 saturated carbocycles. The molecule has 0 radical (unpaired) electrons. The van der Waals surface area contributed by atoms with Crippen LogP contribution in [0, 0.1) is 15.4 Å². The van der Waals surface area contributed by atoms with Crippen molar-refractivity contribution in [1.82, 2.24) is 9.97 Å². The highest BCUT2D eigenvalue weighted by Crippen LogP contribution is 2.30. The third-order valence-electron chi connectivity index (χ3n) is 3.77. The Hall–Kier alpha value is -0.390. The fourth-order valence-corrected chi connectivity index (χ4v) is 3.02. The second kappa shape index (κ2) is 6.52. The summed E-state index contributed by atoms with van der Waals surface area (Å²) in [5, 5.41) is 3.46. The zero-order valence-electron chi connectivity index (χ0n) is 10.3. The summed E-state index contributed by atoms with van der Waals surface area (Å²) in [5.41, 5.74) is 0. The molecule has 17 heavy (non-hydrogen) atoms. The van der Waals surface area contributed by atoms with Gasteiger partial charge in [0.05, 0.1) is 3.57 Å². The molecule has 1 aromatic heterocycles. The summed E-state index contributed by atoms with van der Waals surface area (Å²) in [6, 6.07) is 0. The van der Waals surface area contributed by atoms with E-state index in [1.165, 1.54) is 32.1 Å². The van der Waals surface area contributed by atoms with Gasteiger partial charge in [-0.05, 0) is 47.3 Å². The quantitative estimate of drug-likeness (QED) is 0.846. The highest BCUT2D eigenvalue weighted by atomic mass is 127. The second-order valence-electron chi connectivity index (χ2n) is 4.90. The molecule has 94 valence electrons. The van der Waals surface area contributed by atoms with Crippen molar-refractivity contribution in [3.8, 4) is 0 Å². The second-order valence-corrected chi connectivity index (χ2v) is 6.06. The van der Waals surface area contributed by atoms with Gasteiger partial charge in [-0.3, -0.25) is 0 Å². The molecule has 0 atom stereocenters. The predicted octanol–water partition coefficient (Wildman–Crippen LogP) is 3.71. The van der Waals surface area contributed by atoms with Crippen LogP contribution in [0.5, 0.6) is 0 Å². The molecule has 2 rings (SSSR count). The Morgan fingerprint density at radius 2 is 2.00 bits per heavy atom. The maximum absolute atomic E-state index is 4.26. The lowest BCUT2D eigenvalue weighted by atomic mass is 9.81. The number of aromatic nitrogens is 2. The van der Waals surface area contributed by atoms with Gasteiger partial charge in [0.2, 0.25) is 0 Å². The van der Waals surface area contributed by atoms with Crippen LogP contribution in [0.2, 0.25) is 0 Å². The van der Waals surface area contributed by atoms with Gasteiger partial charge in [0.15, 0.2) is 0 Å². The van der Waals surface area contributed by atoms with E-state index >= 15 is 0 Å². The van der Waals surface area contributed by atoms with Crippen molar-refractivity contribution in [2.75, 3.05) is 11.9 Å². The molecule has 0 aromatic carbocycles. The summed E-state index contributed by atoms with van der Waals surface area (Å²) in [4.78, 5) is 8.27. The molecule has 1 aromatic rings. The highest BCUT2D eigenvalue weighted by molar-refractivity contribution is 14.1. The van der Waals surface area contributed by atoms with Gasteiger partial charge in [-0.15, -0.1) is 0 Å². The molecule has 1 aliphatic carbocycles. The molecule has 0 saturated heterocycles. The Morgan fingerprint density at radius 3 is 2.65 bits per heavy atom. The molecule has 3 nitrogen and oxygen atoms in total. The first-order chi connectivity index (χ1) is 8.29. The fourth-order valence-electron chi connectivity index (χ4n) is 2.53. The van der Waals surface area contributed by atoms with E-state index < -0.39 is 0 Å². The van der Waals surface area contributed by atoms with Crippen LogP contribution in [0.1, 0.15) is 39.0 Å². The van der Waals surface area contributed by atoms with Crippen LogP contribution in [-0.4, -0.2) is 16.5 Å². The first-order valence-corrected chi connectivity index (χ1v) is 7.56. The van der Waals surface area contributed by atoms with Gasteiger partial charge in [0.1, 0.15) is 12.1 Å². The minimum Gasteiger partial charge on any atom is -0.369 e. The van der Waals surface area contributed by atoms with E-state index in [1.807, 2.05) is 6.20 Å². The third-order valence-corrected chi connectivity index (χ3v) is 4.56. The third kappa shape index (κ3) is 3.79. The van der Waals surface area contributed by atoms with Gasteiger partial charge in [-0.1, -0.05) is 26.2 Å². The molecular formula is C13H20IN3. The molecule has 4 heteroatoms. The molecule has 1 N–H and O–H groups in total. The zero-order chi connectivity index (χ0) is 12.1. The molecule has 0 amide bonds. The van der Waals surface area contributed by atoms with Crippen molar-refractivity contribution in [2.24, 2.45) is 11.8 Å². The standard InChI is InChI=1S/C13H20IN3/c1-2-10-3-5-11(6-4-10)7-16-13-12(14)8-15-9-17-13/h8-11H,2-7H2,1H3,(H,15,16,17). The first-order valence-electron chi connectivity index (χ1n) is 6.49. The fraction of sp³-hybridized carbons (Fsp3) is 0.692. The topological polar surface area (TPSA) is 37.8 Å². The molecule has 0 spiro atoms. The van der Waals surface area contributed by atoms with Crippen LogP contribution < -0.4 is 5.32 Å². The van der Waals surface area contributed by atoms with Crippen molar-refractivity contribution >= 4 is 28.4 Å². The lowest BCUT2D eigenvalue weighted by Crippen LogP contribution is -2.21. The van der Waals surface area contributed by atoms with Crippen LogP contribution in [0.3, 0.4) is 0 Å². The van der Waals surface area contributed by atoms with E-state index in [0.29, 0.717) is 0 Å². The predicted molar refractivity (Wildman–Crippen MR) is 79.0 cm³/mol. The normalized spacial score (nSPS) is 24.6. The smallest absolute Gasteiger partial charge is 0.142 e. The number of hydrogen-bond acceptors (Lipinski definition) is 3. The largest absolute Gasteiger partial charge is 0.369 e. The SMILES string of the molecule is CCC1CCC(CNc2ncncc2I)CC1. The Morgan fingerprint density at radius 1 is 1.29 bits per heavy atom. The summed E-state index contributed by atoms with van der Waals surface area (Å²) < 4.78 is 1.10. The summed E-state index contributed by atoms with van der Waals surface area (Å²) in [6.45, 7) is 3.37. The van der Waals surface area contributed by atoms with Crippen molar-refractivity contribution < 1.29 is 0 Å². The molecule has 1 heterocycles. The minimum absolute atomic E-state index is 0.823. The van der Waals surface area contributed by atoms with E-state index in [9.17, 15) is 0 Å². The Balaban J connectivity index is 1.78. The van der Waals surface area contributed by atoms with Crippen molar-refractivity contribution in [3.05, 3.63) is 16.1 Å². The Labute approximate surface area is 117 Å².